The van der Waals surface area contributed by atoms with E-state index >= 15 is 0 Å². The lowest BCUT2D eigenvalue weighted by Gasteiger charge is -2.21. The number of nitrogens with one attached hydrogen (secondary N) is 2. The minimum atomic E-state index is -3.78. The van der Waals surface area contributed by atoms with E-state index in [0.29, 0.717) is 18.2 Å². The first-order valence-corrected chi connectivity index (χ1v) is 8.70. The van der Waals surface area contributed by atoms with Gasteiger partial charge >= 0.3 is 0 Å². The summed E-state index contributed by atoms with van der Waals surface area (Å²) in [5.41, 5.74) is -0.181. The molecule has 1 aliphatic rings. The standard InChI is InChI=1S/C14H20ClFN2O2S/c1-14(2,3)18-21(19,20)11-6-9(8-17-10-4-5-10)13(15)12(16)7-11/h6-7,10,17-18H,4-5,8H2,1-3H3. The van der Waals surface area contributed by atoms with Gasteiger partial charge in [0.05, 0.1) is 9.92 Å². The second kappa shape index (κ2) is 5.83. The number of hydrogen-bond acceptors (Lipinski definition) is 3. The Morgan fingerprint density at radius 3 is 2.48 bits per heavy atom. The number of rotatable bonds is 5. The van der Waals surface area contributed by atoms with Crippen LogP contribution in [0, 0.1) is 5.82 Å². The van der Waals surface area contributed by atoms with Gasteiger partial charge in [0, 0.05) is 18.1 Å². The molecule has 2 N–H and O–H groups in total. The summed E-state index contributed by atoms with van der Waals surface area (Å²) in [4.78, 5) is -0.105. The van der Waals surface area contributed by atoms with Gasteiger partial charge in [-0.3, -0.25) is 0 Å². The molecule has 118 valence electrons. The molecule has 0 saturated heterocycles. The molecule has 0 radical (unpaired) electrons. The van der Waals surface area contributed by atoms with Gasteiger partial charge in [0.25, 0.3) is 0 Å². The van der Waals surface area contributed by atoms with Crippen LogP contribution in [-0.2, 0) is 16.6 Å². The maximum Gasteiger partial charge on any atom is 0.241 e. The van der Waals surface area contributed by atoms with Gasteiger partial charge in [0.2, 0.25) is 10.0 Å². The van der Waals surface area contributed by atoms with Crippen molar-refractivity contribution < 1.29 is 12.8 Å². The fourth-order valence-electron chi connectivity index (χ4n) is 1.91. The maximum absolute atomic E-state index is 13.9. The molecule has 1 aliphatic carbocycles. The highest BCUT2D eigenvalue weighted by Crippen LogP contribution is 2.26. The largest absolute Gasteiger partial charge is 0.310 e. The van der Waals surface area contributed by atoms with Crippen molar-refractivity contribution in [1.82, 2.24) is 10.0 Å². The Labute approximate surface area is 130 Å². The van der Waals surface area contributed by atoms with Gasteiger partial charge in [0.15, 0.2) is 0 Å². The average Bonchev–Trinajstić information content (AvgIpc) is 3.11. The molecule has 0 bridgehead atoms. The molecular weight excluding hydrogens is 315 g/mol. The number of halogens is 2. The number of sulfonamides is 1. The van der Waals surface area contributed by atoms with E-state index in [0.717, 1.165) is 18.9 Å². The molecule has 0 aliphatic heterocycles. The third-order valence-corrected chi connectivity index (χ3v) is 5.15. The first-order chi connectivity index (χ1) is 9.58. The van der Waals surface area contributed by atoms with Crippen molar-refractivity contribution in [3.8, 4) is 0 Å². The summed E-state index contributed by atoms with van der Waals surface area (Å²) >= 11 is 5.92. The van der Waals surface area contributed by atoms with Crippen molar-refractivity contribution in [2.45, 2.75) is 56.6 Å². The normalized spacial score (nSPS) is 16.2. The highest BCUT2D eigenvalue weighted by Gasteiger charge is 2.25. The van der Waals surface area contributed by atoms with Crippen LogP contribution in [0.5, 0.6) is 0 Å². The van der Waals surface area contributed by atoms with Crippen LogP contribution in [-0.4, -0.2) is 20.0 Å². The first kappa shape index (κ1) is 16.7. The van der Waals surface area contributed by atoms with Crippen molar-refractivity contribution in [2.75, 3.05) is 0 Å². The van der Waals surface area contributed by atoms with Crippen molar-refractivity contribution in [2.24, 2.45) is 0 Å². The van der Waals surface area contributed by atoms with Crippen molar-refractivity contribution in [3.05, 3.63) is 28.5 Å². The maximum atomic E-state index is 13.9. The average molecular weight is 335 g/mol. The van der Waals surface area contributed by atoms with Crippen LogP contribution in [0.15, 0.2) is 17.0 Å². The first-order valence-electron chi connectivity index (χ1n) is 6.84. The molecule has 0 unspecified atom stereocenters. The van der Waals surface area contributed by atoms with Crippen LogP contribution in [0.2, 0.25) is 5.02 Å². The molecule has 0 heterocycles. The Bertz CT molecular complexity index is 637. The van der Waals surface area contributed by atoms with Crippen LogP contribution in [0.25, 0.3) is 0 Å². The summed E-state index contributed by atoms with van der Waals surface area (Å²) in [7, 11) is -3.78. The second-order valence-electron chi connectivity index (χ2n) is 6.39. The number of benzene rings is 1. The summed E-state index contributed by atoms with van der Waals surface area (Å²) in [6.07, 6.45) is 2.17. The Morgan fingerprint density at radius 2 is 1.95 bits per heavy atom. The van der Waals surface area contributed by atoms with E-state index in [1.54, 1.807) is 20.8 Å². The molecule has 21 heavy (non-hydrogen) atoms. The molecule has 1 fully saturated rings. The van der Waals surface area contributed by atoms with E-state index in [-0.39, 0.29) is 9.92 Å². The predicted molar refractivity (Wildman–Crippen MR) is 81.3 cm³/mol. The van der Waals surface area contributed by atoms with Gasteiger partial charge in [-0.15, -0.1) is 0 Å². The lowest BCUT2D eigenvalue weighted by atomic mass is 10.1. The van der Waals surface area contributed by atoms with Crippen LogP contribution >= 0.6 is 11.6 Å². The Morgan fingerprint density at radius 1 is 1.33 bits per heavy atom. The molecule has 1 aromatic rings. The smallest absolute Gasteiger partial charge is 0.241 e. The van der Waals surface area contributed by atoms with E-state index in [2.05, 4.69) is 10.0 Å². The van der Waals surface area contributed by atoms with Crippen LogP contribution < -0.4 is 10.0 Å². The zero-order valence-corrected chi connectivity index (χ0v) is 13.9. The zero-order chi connectivity index (χ0) is 15.8. The monoisotopic (exact) mass is 334 g/mol. The SMILES string of the molecule is CC(C)(C)NS(=O)(=O)c1cc(F)c(Cl)c(CNC2CC2)c1. The Hall–Kier alpha value is -0.690. The highest BCUT2D eigenvalue weighted by molar-refractivity contribution is 7.89. The summed E-state index contributed by atoms with van der Waals surface area (Å²) in [5, 5.41) is 3.17. The van der Waals surface area contributed by atoms with Crippen molar-refractivity contribution in [3.63, 3.8) is 0 Å². The summed E-state index contributed by atoms with van der Waals surface area (Å²) < 4.78 is 40.9. The molecule has 1 aromatic carbocycles. The molecule has 0 aromatic heterocycles. The van der Waals surface area contributed by atoms with E-state index < -0.39 is 21.4 Å². The minimum Gasteiger partial charge on any atom is -0.310 e. The Kier molecular flexibility index (Phi) is 4.63. The number of hydrogen-bond donors (Lipinski definition) is 2. The van der Waals surface area contributed by atoms with Crippen LogP contribution in [0.4, 0.5) is 4.39 Å². The lowest BCUT2D eigenvalue weighted by Crippen LogP contribution is -2.40. The quantitative estimate of drug-likeness (QED) is 0.870. The van der Waals surface area contributed by atoms with E-state index in [9.17, 15) is 12.8 Å². The van der Waals surface area contributed by atoms with Crippen molar-refractivity contribution >= 4 is 21.6 Å². The fraction of sp³-hybridized carbons (Fsp3) is 0.571. The lowest BCUT2D eigenvalue weighted by molar-refractivity contribution is 0.490. The van der Waals surface area contributed by atoms with E-state index in [1.165, 1.54) is 6.07 Å². The highest BCUT2D eigenvalue weighted by atomic mass is 35.5. The molecule has 4 nitrogen and oxygen atoms in total. The van der Waals surface area contributed by atoms with Crippen molar-refractivity contribution in [1.29, 1.82) is 0 Å². The topological polar surface area (TPSA) is 58.2 Å². The van der Waals surface area contributed by atoms with Gasteiger partial charge in [0.1, 0.15) is 5.82 Å². The second-order valence-corrected chi connectivity index (χ2v) is 8.45. The van der Waals surface area contributed by atoms with Crippen LogP contribution in [0.3, 0.4) is 0 Å². The molecule has 0 spiro atoms. The van der Waals surface area contributed by atoms with Gasteiger partial charge in [-0.05, 0) is 51.3 Å². The molecule has 7 heteroatoms. The molecule has 0 amide bonds. The Balaban J connectivity index is 2.30. The minimum absolute atomic E-state index is 0.0298. The van der Waals surface area contributed by atoms with Gasteiger partial charge in [-0.25, -0.2) is 17.5 Å². The van der Waals surface area contributed by atoms with E-state index in [4.69, 9.17) is 11.6 Å². The molecular formula is C14H20ClFN2O2S. The van der Waals surface area contributed by atoms with Crippen LogP contribution in [0.1, 0.15) is 39.2 Å². The van der Waals surface area contributed by atoms with Gasteiger partial charge in [-0.2, -0.15) is 0 Å². The third kappa shape index (κ3) is 4.64. The summed E-state index contributed by atoms with van der Waals surface area (Å²) in [6.45, 7) is 5.55. The molecule has 2 rings (SSSR count). The van der Waals surface area contributed by atoms with E-state index in [1.807, 2.05) is 0 Å². The molecule has 0 atom stereocenters. The molecule has 1 saturated carbocycles. The summed E-state index contributed by atoms with van der Waals surface area (Å²) in [6, 6.07) is 2.81. The predicted octanol–water partition coefficient (Wildman–Crippen LogP) is 2.81. The zero-order valence-electron chi connectivity index (χ0n) is 12.3. The van der Waals surface area contributed by atoms with Gasteiger partial charge < -0.3 is 5.32 Å². The summed E-state index contributed by atoms with van der Waals surface area (Å²) in [5.74, 6) is -0.721. The van der Waals surface area contributed by atoms with Gasteiger partial charge in [-0.1, -0.05) is 11.6 Å². The fourth-order valence-corrected chi connectivity index (χ4v) is 3.56. The third-order valence-electron chi connectivity index (χ3n) is 2.99.